The maximum absolute atomic E-state index is 12.4. The molecule has 0 unspecified atom stereocenters. The number of fused-ring (bicyclic) bond motifs is 3. The minimum Gasteiger partial charge on any atom is -0.358 e. The zero-order valence-electron chi connectivity index (χ0n) is 11.3. The number of hydrogen-bond donors (Lipinski definition) is 1. The summed E-state index contributed by atoms with van der Waals surface area (Å²) in [6.07, 6.45) is 4.28. The monoisotopic (exact) mass is 288 g/mol. The number of hydrogen-bond acceptors (Lipinski definition) is 1. The van der Waals surface area contributed by atoms with Crippen molar-refractivity contribution in [1.82, 2.24) is 9.88 Å². The molecule has 0 radical (unpaired) electrons. The van der Waals surface area contributed by atoms with Gasteiger partial charge in [-0.2, -0.15) is 0 Å². The van der Waals surface area contributed by atoms with Gasteiger partial charge in [0.15, 0.2) is 0 Å². The quantitative estimate of drug-likeness (QED) is 0.856. The highest BCUT2D eigenvalue weighted by atomic mass is 35.5. The van der Waals surface area contributed by atoms with E-state index < -0.39 is 0 Å². The van der Waals surface area contributed by atoms with E-state index in [2.05, 4.69) is 11.1 Å². The predicted molar refractivity (Wildman–Crippen MR) is 79.8 cm³/mol. The van der Waals surface area contributed by atoms with Crippen molar-refractivity contribution in [2.24, 2.45) is 5.92 Å². The van der Waals surface area contributed by atoms with Crippen molar-refractivity contribution in [3.8, 4) is 0 Å². The largest absolute Gasteiger partial charge is 0.358 e. The van der Waals surface area contributed by atoms with Crippen molar-refractivity contribution >= 4 is 28.4 Å². The molecule has 0 atom stereocenters. The number of nitrogens with one attached hydrogen (secondary N) is 1. The van der Waals surface area contributed by atoms with Crippen LogP contribution in [0, 0.1) is 5.92 Å². The standard InChI is InChI=1S/C16H17ClN2O/c17-11-4-5-12-13-9-19(16(20)10-2-1-3-10)7-6-14(13)18-15(12)8-11/h4-5,8,10,18H,1-3,6-7,9H2. The Hall–Kier alpha value is -1.48. The molecule has 1 fully saturated rings. The van der Waals surface area contributed by atoms with Crippen molar-refractivity contribution in [1.29, 1.82) is 0 Å². The van der Waals surface area contributed by atoms with E-state index in [-0.39, 0.29) is 5.92 Å². The number of aromatic nitrogens is 1. The molecular formula is C16H17ClN2O. The van der Waals surface area contributed by atoms with Crippen molar-refractivity contribution in [2.75, 3.05) is 6.54 Å². The summed E-state index contributed by atoms with van der Waals surface area (Å²) >= 11 is 6.04. The molecule has 2 heterocycles. The number of amides is 1. The number of benzene rings is 1. The van der Waals surface area contributed by atoms with Crippen LogP contribution in [0.5, 0.6) is 0 Å². The van der Waals surface area contributed by atoms with Gasteiger partial charge in [0.05, 0.1) is 0 Å². The average molecular weight is 289 g/mol. The summed E-state index contributed by atoms with van der Waals surface area (Å²) in [6.45, 7) is 1.58. The summed E-state index contributed by atoms with van der Waals surface area (Å²) in [5.41, 5.74) is 3.62. The topological polar surface area (TPSA) is 36.1 Å². The molecule has 1 aromatic carbocycles. The molecule has 0 saturated heterocycles. The van der Waals surface area contributed by atoms with Gasteiger partial charge in [-0.05, 0) is 25.0 Å². The van der Waals surface area contributed by atoms with E-state index in [1.165, 1.54) is 23.1 Å². The predicted octanol–water partition coefficient (Wildman–Crippen LogP) is 3.51. The Kier molecular flexibility index (Phi) is 2.77. The summed E-state index contributed by atoms with van der Waals surface area (Å²) in [5, 5.41) is 1.95. The van der Waals surface area contributed by atoms with Gasteiger partial charge in [-0.3, -0.25) is 4.79 Å². The Balaban J connectivity index is 1.67. The van der Waals surface area contributed by atoms with Gasteiger partial charge in [0.25, 0.3) is 0 Å². The SMILES string of the molecule is O=C(C1CCC1)N1CCc2[nH]c3cc(Cl)ccc3c2C1. The fourth-order valence-corrected chi connectivity index (χ4v) is 3.47. The van der Waals surface area contributed by atoms with Crippen molar-refractivity contribution in [2.45, 2.75) is 32.2 Å². The molecule has 1 amide bonds. The molecule has 1 N–H and O–H groups in total. The summed E-state index contributed by atoms with van der Waals surface area (Å²) in [6, 6.07) is 5.95. The molecule has 0 spiro atoms. The van der Waals surface area contributed by atoms with Gasteiger partial charge in [-0.25, -0.2) is 0 Å². The van der Waals surface area contributed by atoms with Gasteiger partial charge in [-0.15, -0.1) is 0 Å². The average Bonchev–Trinajstić information content (AvgIpc) is 2.72. The lowest BCUT2D eigenvalue weighted by Crippen LogP contribution is -2.41. The Morgan fingerprint density at radius 1 is 1.35 bits per heavy atom. The molecule has 2 aliphatic rings. The number of aromatic amines is 1. The number of carbonyl (C=O) groups excluding carboxylic acids is 1. The van der Waals surface area contributed by atoms with Crippen LogP contribution in [0.15, 0.2) is 18.2 Å². The third kappa shape index (κ3) is 1.84. The smallest absolute Gasteiger partial charge is 0.225 e. The highest BCUT2D eigenvalue weighted by molar-refractivity contribution is 6.31. The van der Waals surface area contributed by atoms with Crippen LogP contribution in [-0.4, -0.2) is 22.3 Å². The molecule has 0 bridgehead atoms. The molecule has 1 aliphatic carbocycles. The lowest BCUT2D eigenvalue weighted by atomic mass is 9.84. The van der Waals surface area contributed by atoms with Crippen molar-refractivity contribution in [3.63, 3.8) is 0 Å². The van der Waals surface area contributed by atoms with Gasteiger partial charge in [0, 0.05) is 52.6 Å². The maximum Gasteiger partial charge on any atom is 0.225 e. The maximum atomic E-state index is 12.4. The minimum absolute atomic E-state index is 0.288. The molecule has 1 aromatic heterocycles. The Bertz CT molecular complexity index is 687. The van der Waals surface area contributed by atoms with Crippen LogP contribution in [-0.2, 0) is 17.8 Å². The van der Waals surface area contributed by atoms with E-state index in [9.17, 15) is 4.79 Å². The van der Waals surface area contributed by atoms with E-state index >= 15 is 0 Å². The summed E-state index contributed by atoms with van der Waals surface area (Å²) in [7, 11) is 0. The first-order valence-electron chi connectivity index (χ1n) is 7.30. The number of nitrogens with zero attached hydrogens (tertiary/aromatic N) is 1. The van der Waals surface area contributed by atoms with Gasteiger partial charge in [0.1, 0.15) is 0 Å². The van der Waals surface area contributed by atoms with Gasteiger partial charge < -0.3 is 9.88 Å². The van der Waals surface area contributed by atoms with Crippen molar-refractivity contribution in [3.05, 3.63) is 34.5 Å². The van der Waals surface area contributed by atoms with Crippen LogP contribution < -0.4 is 0 Å². The van der Waals surface area contributed by atoms with E-state index in [4.69, 9.17) is 11.6 Å². The zero-order valence-corrected chi connectivity index (χ0v) is 12.0. The fourth-order valence-electron chi connectivity index (χ4n) is 3.30. The molecule has 20 heavy (non-hydrogen) atoms. The normalized spacial score (nSPS) is 18.9. The van der Waals surface area contributed by atoms with Gasteiger partial charge in [-0.1, -0.05) is 24.1 Å². The highest BCUT2D eigenvalue weighted by Crippen LogP contribution is 2.33. The molecule has 2 aromatic rings. The molecule has 4 heteroatoms. The highest BCUT2D eigenvalue weighted by Gasteiger charge is 2.32. The third-order valence-corrected chi connectivity index (χ3v) is 4.94. The first kappa shape index (κ1) is 12.3. The minimum atomic E-state index is 0.288. The second kappa shape index (κ2) is 4.52. The molecular weight excluding hydrogens is 272 g/mol. The second-order valence-corrected chi connectivity index (χ2v) is 6.35. The van der Waals surface area contributed by atoms with E-state index in [0.29, 0.717) is 5.91 Å². The van der Waals surface area contributed by atoms with Crippen molar-refractivity contribution < 1.29 is 4.79 Å². The summed E-state index contributed by atoms with van der Waals surface area (Å²) in [5.74, 6) is 0.640. The number of carbonyl (C=O) groups is 1. The summed E-state index contributed by atoms with van der Waals surface area (Å²) in [4.78, 5) is 17.9. The molecule has 1 saturated carbocycles. The number of halogens is 1. The fraction of sp³-hybridized carbons (Fsp3) is 0.438. The van der Waals surface area contributed by atoms with Gasteiger partial charge >= 0.3 is 0 Å². The van der Waals surface area contributed by atoms with E-state index in [1.54, 1.807) is 0 Å². The summed E-state index contributed by atoms with van der Waals surface area (Å²) < 4.78 is 0. The molecule has 3 nitrogen and oxygen atoms in total. The first-order chi connectivity index (χ1) is 9.72. The van der Waals surface area contributed by atoms with Crippen LogP contribution in [0.3, 0.4) is 0 Å². The van der Waals surface area contributed by atoms with Crippen LogP contribution in [0.25, 0.3) is 10.9 Å². The Morgan fingerprint density at radius 2 is 2.20 bits per heavy atom. The lowest BCUT2D eigenvalue weighted by molar-refractivity contribution is -0.139. The molecule has 104 valence electrons. The number of rotatable bonds is 1. The van der Waals surface area contributed by atoms with E-state index in [1.807, 2.05) is 17.0 Å². The van der Waals surface area contributed by atoms with Gasteiger partial charge in [0.2, 0.25) is 5.91 Å². The van der Waals surface area contributed by atoms with Crippen LogP contribution >= 0.6 is 11.6 Å². The van der Waals surface area contributed by atoms with E-state index in [0.717, 1.165) is 42.9 Å². The van der Waals surface area contributed by atoms with Crippen LogP contribution in [0.2, 0.25) is 5.02 Å². The van der Waals surface area contributed by atoms with Crippen LogP contribution in [0.1, 0.15) is 30.5 Å². The first-order valence-corrected chi connectivity index (χ1v) is 7.68. The molecule has 4 rings (SSSR count). The molecule has 1 aliphatic heterocycles. The zero-order chi connectivity index (χ0) is 13.7. The Labute approximate surface area is 122 Å². The third-order valence-electron chi connectivity index (χ3n) is 4.70. The van der Waals surface area contributed by atoms with Crippen LogP contribution in [0.4, 0.5) is 0 Å². The number of H-pyrrole nitrogens is 1. The Morgan fingerprint density at radius 3 is 2.95 bits per heavy atom. The lowest BCUT2D eigenvalue weighted by Gasteiger charge is -2.34. The second-order valence-electron chi connectivity index (χ2n) is 5.91.